The fourth-order valence-electron chi connectivity index (χ4n) is 5.84. The molecule has 3 aromatic rings. The molecule has 190 valence electrons. The van der Waals surface area contributed by atoms with Crippen molar-refractivity contribution < 1.29 is 13.2 Å². The number of nitrogens with zero attached hydrogens (tertiary/aromatic N) is 3. The molecule has 2 aliphatic rings. The van der Waals surface area contributed by atoms with Gasteiger partial charge in [-0.25, -0.2) is 13.1 Å². The molecule has 7 nitrogen and oxygen atoms in total. The van der Waals surface area contributed by atoms with Gasteiger partial charge in [-0.2, -0.15) is 0 Å². The Labute approximate surface area is 217 Å². The zero-order valence-corrected chi connectivity index (χ0v) is 22.5. The quantitative estimate of drug-likeness (QED) is 0.409. The Morgan fingerprint density at radius 1 is 1.08 bits per heavy atom. The Bertz CT molecular complexity index is 1370. The molecule has 2 aromatic carbocycles. The molecule has 2 unspecified atom stereocenters. The summed E-state index contributed by atoms with van der Waals surface area (Å²) in [6.45, 7) is 6.13. The number of nitrogens with one attached hydrogen (secondary N) is 1. The summed E-state index contributed by atoms with van der Waals surface area (Å²) >= 11 is 1.56. The lowest BCUT2D eigenvalue weighted by Crippen LogP contribution is -2.45. The minimum atomic E-state index is -3.72. The molecular weight excluding hydrogens is 492 g/mol. The first-order chi connectivity index (χ1) is 17.1. The molecule has 2 atom stereocenters. The van der Waals surface area contributed by atoms with Gasteiger partial charge in [-0.15, -0.1) is 10.2 Å². The monoisotopic (exact) mass is 524 g/mol. The van der Waals surface area contributed by atoms with E-state index in [0.29, 0.717) is 23.8 Å². The van der Waals surface area contributed by atoms with Crippen LogP contribution >= 0.6 is 11.8 Å². The van der Waals surface area contributed by atoms with Gasteiger partial charge < -0.3 is 0 Å². The van der Waals surface area contributed by atoms with E-state index in [1.165, 1.54) is 5.56 Å². The van der Waals surface area contributed by atoms with Crippen molar-refractivity contribution in [2.75, 3.05) is 5.75 Å². The van der Waals surface area contributed by atoms with Crippen LogP contribution in [0, 0.1) is 23.7 Å². The Balaban J connectivity index is 1.37. The van der Waals surface area contributed by atoms with Crippen molar-refractivity contribution in [1.29, 1.82) is 0 Å². The van der Waals surface area contributed by atoms with E-state index in [1.807, 2.05) is 54.0 Å². The highest BCUT2D eigenvalue weighted by molar-refractivity contribution is 7.98. The number of thioether (sulfide) groups is 1. The summed E-state index contributed by atoms with van der Waals surface area (Å²) in [7, 11) is -3.72. The van der Waals surface area contributed by atoms with Crippen LogP contribution in [0.4, 0.5) is 0 Å². The Hall–Kier alpha value is -2.49. The van der Waals surface area contributed by atoms with Crippen molar-refractivity contribution >= 4 is 27.6 Å². The van der Waals surface area contributed by atoms with E-state index >= 15 is 0 Å². The predicted molar refractivity (Wildman–Crippen MR) is 141 cm³/mol. The summed E-state index contributed by atoms with van der Waals surface area (Å²) in [4.78, 5) is 12.9. The number of fused-ring (bicyclic) bond motifs is 2. The number of carbonyl (C=O) groups excluding carboxylic acids is 1. The van der Waals surface area contributed by atoms with Crippen LogP contribution in [0.3, 0.4) is 0 Å². The van der Waals surface area contributed by atoms with Crippen molar-refractivity contribution in [3.63, 3.8) is 0 Å². The van der Waals surface area contributed by atoms with Gasteiger partial charge in [0.2, 0.25) is 10.0 Å². The van der Waals surface area contributed by atoms with Gasteiger partial charge in [0.1, 0.15) is 5.78 Å². The second kappa shape index (κ2) is 9.43. The van der Waals surface area contributed by atoms with E-state index in [2.05, 4.69) is 40.9 Å². The lowest BCUT2D eigenvalue weighted by molar-refractivity contribution is -0.128. The third-order valence-corrected chi connectivity index (χ3v) is 10.7. The van der Waals surface area contributed by atoms with Crippen LogP contribution in [-0.4, -0.2) is 34.7 Å². The number of sulfonamides is 1. The molecule has 1 aromatic heterocycles. The second-order valence-electron chi connectivity index (χ2n) is 10.6. The maximum Gasteiger partial charge on any atom is 0.213 e. The SMILES string of the molecule is Cc1ccc(-n2c(CNS(=O)(=O)CC34CCC(CC3=O)C4(C)C)nnc2SCc2ccccc2)cc1. The van der Waals surface area contributed by atoms with Gasteiger partial charge >= 0.3 is 0 Å². The van der Waals surface area contributed by atoms with Gasteiger partial charge in [-0.1, -0.05) is 73.6 Å². The topological polar surface area (TPSA) is 94.0 Å². The summed E-state index contributed by atoms with van der Waals surface area (Å²) in [6.07, 6.45) is 2.05. The standard InChI is InChI=1S/C27H32N4O3S2/c1-19-9-11-22(12-10-19)31-24(29-30-25(31)35-17-20-7-5-4-6-8-20)16-28-36(33,34)18-27-14-13-21(15-23(27)32)26(27,2)3/h4-12,21,28H,13-18H2,1-3H3. The van der Waals surface area contributed by atoms with Crippen LogP contribution in [0.2, 0.25) is 0 Å². The number of ketones is 1. The zero-order chi connectivity index (χ0) is 25.6. The first kappa shape index (κ1) is 25.2. The molecule has 0 amide bonds. The molecule has 1 heterocycles. The van der Waals surface area contributed by atoms with Crippen molar-refractivity contribution in [1.82, 2.24) is 19.5 Å². The van der Waals surface area contributed by atoms with Gasteiger partial charge in [-0.3, -0.25) is 9.36 Å². The largest absolute Gasteiger partial charge is 0.299 e. The average Bonchev–Trinajstić information content (AvgIpc) is 3.42. The van der Waals surface area contributed by atoms with Crippen molar-refractivity contribution in [3.05, 3.63) is 71.5 Å². The van der Waals surface area contributed by atoms with E-state index in [0.717, 1.165) is 23.4 Å². The van der Waals surface area contributed by atoms with Crippen molar-refractivity contribution in [3.8, 4) is 5.69 Å². The number of aryl methyl sites for hydroxylation is 1. The second-order valence-corrected chi connectivity index (χ2v) is 13.3. The van der Waals surface area contributed by atoms with Gasteiger partial charge in [0, 0.05) is 23.3 Å². The Morgan fingerprint density at radius 2 is 1.81 bits per heavy atom. The third kappa shape index (κ3) is 4.53. The zero-order valence-electron chi connectivity index (χ0n) is 20.9. The molecule has 0 radical (unpaired) electrons. The normalized spacial score (nSPS) is 22.9. The molecular formula is C27H32N4O3S2. The van der Waals surface area contributed by atoms with E-state index < -0.39 is 15.4 Å². The highest BCUT2D eigenvalue weighted by atomic mass is 32.2. The Morgan fingerprint density at radius 3 is 2.44 bits per heavy atom. The minimum absolute atomic E-state index is 0.00321. The van der Waals surface area contributed by atoms with E-state index in [4.69, 9.17) is 0 Å². The van der Waals surface area contributed by atoms with E-state index in [-0.39, 0.29) is 29.4 Å². The van der Waals surface area contributed by atoms with Crippen LogP contribution < -0.4 is 4.72 Å². The summed E-state index contributed by atoms with van der Waals surface area (Å²) in [5.74, 6) is 1.43. The van der Waals surface area contributed by atoms with Crippen LogP contribution in [0.1, 0.15) is 50.1 Å². The van der Waals surface area contributed by atoms with Crippen LogP contribution in [-0.2, 0) is 27.1 Å². The number of hydrogen-bond donors (Lipinski definition) is 1. The van der Waals surface area contributed by atoms with Crippen LogP contribution in [0.25, 0.3) is 5.69 Å². The minimum Gasteiger partial charge on any atom is -0.299 e. The summed E-state index contributed by atoms with van der Waals surface area (Å²) in [5.41, 5.74) is 2.07. The van der Waals surface area contributed by atoms with Crippen LogP contribution in [0.5, 0.6) is 0 Å². The number of aromatic nitrogens is 3. The van der Waals surface area contributed by atoms with Gasteiger partial charge in [0.25, 0.3) is 0 Å². The molecule has 5 rings (SSSR count). The molecule has 2 bridgehead atoms. The number of Topliss-reactive ketones (excluding diaryl/α,β-unsaturated/α-hetero) is 1. The summed E-state index contributed by atoms with van der Waals surface area (Å²) in [6, 6.07) is 18.1. The lowest BCUT2D eigenvalue weighted by atomic mass is 9.70. The first-order valence-corrected chi connectivity index (χ1v) is 14.9. The van der Waals surface area contributed by atoms with Crippen molar-refractivity contribution in [2.24, 2.45) is 16.7 Å². The Kier molecular flexibility index (Phi) is 6.59. The molecule has 1 N–H and O–H groups in total. The molecule has 0 saturated heterocycles. The maximum absolute atomic E-state index is 13.3. The lowest BCUT2D eigenvalue weighted by Gasteiger charge is -2.36. The molecule has 2 fully saturated rings. The molecule has 36 heavy (non-hydrogen) atoms. The van der Waals surface area contributed by atoms with Crippen molar-refractivity contribution in [2.45, 2.75) is 57.5 Å². The van der Waals surface area contributed by atoms with E-state index in [1.54, 1.807) is 11.8 Å². The van der Waals surface area contributed by atoms with E-state index in [9.17, 15) is 13.2 Å². The van der Waals surface area contributed by atoms with Crippen LogP contribution in [0.15, 0.2) is 59.8 Å². The number of benzene rings is 2. The maximum atomic E-state index is 13.3. The predicted octanol–water partition coefficient (Wildman–Crippen LogP) is 4.68. The molecule has 9 heteroatoms. The highest BCUT2D eigenvalue weighted by Crippen LogP contribution is 2.64. The molecule has 0 spiro atoms. The molecule has 2 saturated carbocycles. The molecule has 2 aliphatic carbocycles. The number of carbonyl (C=O) groups is 1. The highest BCUT2D eigenvalue weighted by Gasteiger charge is 2.65. The fraction of sp³-hybridized carbons (Fsp3) is 0.444. The fourth-order valence-corrected chi connectivity index (χ4v) is 8.55. The summed E-state index contributed by atoms with van der Waals surface area (Å²) < 4.78 is 31.2. The van der Waals surface area contributed by atoms with Gasteiger partial charge in [0.15, 0.2) is 11.0 Å². The number of hydrogen-bond acceptors (Lipinski definition) is 6. The first-order valence-electron chi connectivity index (χ1n) is 12.3. The average molecular weight is 525 g/mol. The molecule has 0 aliphatic heterocycles. The van der Waals surface area contributed by atoms with Gasteiger partial charge in [0.05, 0.1) is 12.3 Å². The third-order valence-electron chi connectivity index (χ3n) is 8.23. The number of rotatable bonds is 9. The van der Waals surface area contributed by atoms with Gasteiger partial charge in [-0.05, 0) is 48.8 Å². The summed E-state index contributed by atoms with van der Waals surface area (Å²) in [5, 5.41) is 9.44. The smallest absolute Gasteiger partial charge is 0.213 e.